The lowest BCUT2D eigenvalue weighted by Gasteiger charge is -2.41. The van der Waals surface area contributed by atoms with Crippen molar-refractivity contribution in [2.24, 2.45) is 5.73 Å². The third-order valence-corrected chi connectivity index (χ3v) is 18.4. The van der Waals surface area contributed by atoms with Crippen molar-refractivity contribution in [3.05, 3.63) is 96.1 Å². The SMILES string of the molecule is COc1ccc(S(=O)(=O)Cl)cc1OC.COc1ccc(S(=O)(=O)NC2CCC(N3CCC(c4ccccc4OC4CC4)CC3)CC2)cc1OC.NC1CCC(N2CCC(c3ccccc3OC3CC3)CC2)CC1. The van der Waals surface area contributed by atoms with Gasteiger partial charge in [0.05, 0.1) is 50.4 Å². The quantitative estimate of drug-likeness (QED) is 0.102. The second-order valence-electron chi connectivity index (χ2n) is 20.5. The second-order valence-corrected chi connectivity index (χ2v) is 24.8. The van der Waals surface area contributed by atoms with Crippen LogP contribution in [0, 0.1) is 0 Å². The lowest BCUT2D eigenvalue weighted by molar-refractivity contribution is 0.115. The smallest absolute Gasteiger partial charge is 0.261 e. The molecule has 4 aromatic rings. The third-order valence-electron chi connectivity index (χ3n) is 15.5. The van der Waals surface area contributed by atoms with Gasteiger partial charge in [0, 0.05) is 47.0 Å². The first-order valence-corrected chi connectivity index (χ1v) is 30.2. The Balaban J connectivity index is 0.000000163. The van der Waals surface area contributed by atoms with Crippen LogP contribution in [-0.4, -0.2) is 118 Å². The number of ether oxygens (including phenoxy) is 6. The Hall–Kier alpha value is -4.29. The molecule has 0 amide bonds. The number of sulfonamides is 1. The molecule has 0 radical (unpaired) electrons. The van der Waals surface area contributed by atoms with Gasteiger partial charge in [0.25, 0.3) is 9.05 Å². The van der Waals surface area contributed by atoms with E-state index in [9.17, 15) is 16.8 Å². The van der Waals surface area contributed by atoms with Gasteiger partial charge in [-0.05, 0) is 188 Å². The average molecular weight is 1070 g/mol. The van der Waals surface area contributed by atoms with Crippen LogP contribution in [0.15, 0.2) is 94.7 Å². The number of rotatable bonds is 16. The normalized spacial score (nSPS) is 23.4. The van der Waals surface area contributed by atoms with Gasteiger partial charge in [-0.2, -0.15) is 0 Å². The van der Waals surface area contributed by atoms with Crippen LogP contribution in [0.2, 0.25) is 0 Å². The summed E-state index contributed by atoms with van der Waals surface area (Å²) in [6.07, 6.45) is 19.3. The summed E-state index contributed by atoms with van der Waals surface area (Å²) in [5.74, 6) is 5.17. The zero-order valence-corrected chi connectivity index (χ0v) is 45.5. The largest absolute Gasteiger partial charge is 0.493 e. The number of likely N-dealkylation sites (tertiary alicyclic amines) is 2. The standard InChI is InChI=1S/C28H38N2O5S.C20H30N2O.C8H9ClO4S/c1-33-27-14-13-24(19-28(27)34-2)36(31,32)29-21-7-9-22(10-8-21)30-17-15-20(16-18-30)25-5-3-4-6-26(25)35-23-11-12-23;21-16-5-7-17(8-6-16)22-13-11-15(12-14-22)19-3-1-2-4-20(19)23-18-9-10-18;1-12-7-4-3-6(14(9,10)11)5-8(7)13-2/h3-6,13-14,19-23,29H,7-12,15-18H2,1-2H3;1-4,15-18H,5-14,21H2;3-5H,1-2H3. The fraction of sp³-hybridized carbons (Fsp3) is 0.571. The Morgan fingerprint density at radius 2 is 0.877 bits per heavy atom. The highest BCUT2D eigenvalue weighted by Crippen LogP contribution is 2.41. The molecule has 3 N–H and O–H groups in total. The zero-order valence-electron chi connectivity index (χ0n) is 43.1. The van der Waals surface area contributed by atoms with E-state index in [0.29, 0.717) is 59.1 Å². The Bertz CT molecular complexity index is 2620. The number of benzene rings is 4. The Kier molecular flexibility index (Phi) is 19.2. The zero-order chi connectivity index (χ0) is 51.5. The van der Waals surface area contributed by atoms with Crippen LogP contribution in [0.1, 0.15) is 126 Å². The number of para-hydroxylation sites is 2. The monoisotopic (exact) mass is 1060 g/mol. The molecule has 6 fully saturated rings. The van der Waals surface area contributed by atoms with Gasteiger partial charge in [-0.3, -0.25) is 0 Å². The maximum atomic E-state index is 13.0. The predicted molar refractivity (Wildman–Crippen MR) is 286 cm³/mol. The van der Waals surface area contributed by atoms with Crippen LogP contribution in [0.4, 0.5) is 0 Å². The van der Waals surface area contributed by atoms with E-state index in [1.54, 1.807) is 12.1 Å². The molecule has 2 aliphatic heterocycles. The van der Waals surface area contributed by atoms with Gasteiger partial charge >= 0.3 is 0 Å². The lowest BCUT2D eigenvalue weighted by Crippen LogP contribution is -2.46. The molecule has 0 bridgehead atoms. The second kappa shape index (κ2) is 25.5. The minimum absolute atomic E-state index is 0.0168. The maximum Gasteiger partial charge on any atom is 0.261 e. The molecular weight excluding hydrogens is 988 g/mol. The Labute approximate surface area is 439 Å². The van der Waals surface area contributed by atoms with Gasteiger partial charge in [0.15, 0.2) is 23.0 Å². The number of piperidine rings is 2. The van der Waals surface area contributed by atoms with E-state index in [0.717, 1.165) is 69.2 Å². The molecule has 4 saturated carbocycles. The van der Waals surface area contributed by atoms with Crippen molar-refractivity contribution in [1.82, 2.24) is 14.5 Å². The van der Waals surface area contributed by atoms with Crippen molar-refractivity contribution in [2.75, 3.05) is 54.6 Å². The van der Waals surface area contributed by atoms with E-state index >= 15 is 0 Å². The highest BCUT2D eigenvalue weighted by atomic mass is 35.7. The van der Waals surface area contributed by atoms with E-state index in [2.05, 4.69) is 63.1 Å². The van der Waals surface area contributed by atoms with E-state index in [1.807, 2.05) is 0 Å². The number of nitrogens with one attached hydrogen (secondary N) is 1. The molecule has 17 heteroatoms. The molecule has 0 unspecified atom stereocenters. The fourth-order valence-corrected chi connectivity index (χ4v) is 13.1. The summed E-state index contributed by atoms with van der Waals surface area (Å²) in [5.41, 5.74) is 8.87. The van der Waals surface area contributed by atoms with Gasteiger partial charge < -0.3 is 44.0 Å². The van der Waals surface area contributed by atoms with Gasteiger partial charge in [-0.15, -0.1) is 0 Å². The number of halogens is 1. The number of methoxy groups -OCH3 is 4. The van der Waals surface area contributed by atoms with Crippen LogP contribution in [-0.2, 0) is 19.1 Å². The molecule has 2 saturated heterocycles. The first kappa shape index (κ1) is 55.0. The number of hydrogen-bond donors (Lipinski definition) is 2. The number of nitrogens with zero attached hydrogens (tertiary/aromatic N) is 2. The van der Waals surface area contributed by atoms with Crippen LogP contribution < -0.4 is 38.9 Å². The van der Waals surface area contributed by atoms with Crippen molar-refractivity contribution in [3.8, 4) is 34.5 Å². The van der Waals surface area contributed by atoms with Gasteiger partial charge in [-0.1, -0.05) is 36.4 Å². The first-order valence-electron chi connectivity index (χ1n) is 26.4. The van der Waals surface area contributed by atoms with Gasteiger partial charge in [-0.25, -0.2) is 21.6 Å². The summed E-state index contributed by atoms with van der Waals surface area (Å²) in [6.45, 7) is 4.66. The van der Waals surface area contributed by atoms with Crippen molar-refractivity contribution in [3.63, 3.8) is 0 Å². The van der Waals surface area contributed by atoms with Gasteiger partial charge in [0.1, 0.15) is 11.5 Å². The topological polar surface area (TPSA) is 168 Å². The molecule has 0 aromatic heterocycles. The molecule has 14 nitrogen and oxygen atoms in total. The lowest BCUT2D eigenvalue weighted by atomic mass is 9.85. The maximum absolute atomic E-state index is 13.0. The van der Waals surface area contributed by atoms with Crippen LogP contribution >= 0.6 is 10.7 Å². The summed E-state index contributed by atoms with van der Waals surface area (Å²) >= 11 is 0. The van der Waals surface area contributed by atoms with Crippen molar-refractivity contribution >= 4 is 29.8 Å². The highest BCUT2D eigenvalue weighted by molar-refractivity contribution is 8.13. The molecule has 73 heavy (non-hydrogen) atoms. The molecule has 0 atom stereocenters. The van der Waals surface area contributed by atoms with Crippen LogP contribution in [0.25, 0.3) is 0 Å². The van der Waals surface area contributed by atoms with Crippen LogP contribution in [0.3, 0.4) is 0 Å². The summed E-state index contributed by atoms with van der Waals surface area (Å²) < 4.78 is 83.5. The molecular formula is C56H77ClN4O10S2. The summed E-state index contributed by atoms with van der Waals surface area (Å²) in [7, 11) is 3.74. The minimum Gasteiger partial charge on any atom is -0.493 e. The Morgan fingerprint density at radius 1 is 0.479 bits per heavy atom. The Morgan fingerprint density at radius 3 is 1.29 bits per heavy atom. The molecule has 400 valence electrons. The number of hydrogen-bond acceptors (Lipinski definition) is 13. The summed E-state index contributed by atoms with van der Waals surface area (Å²) in [4.78, 5) is 5.54. The molecule has 4 aliphatic carbocycles. The van der Waals surface area contributed by atoms with Crippen LogP contribution in [0.5, 0.6) is 34.5 Å². The molecule has 2 heterocycles. The predicted octanol–water partition coefficient (Wildman–Crippen LogP) is 10.0. The summed E-state index contributed by atoms with van der Waals surface area (Å²) in [6, 6.07) is 27.9. The minimum atomic E-state index is -3.72. The van der Waals surface area contributed by atoms with E-state index in [-0.39, 0.29) is 15.8 Å². The van der Waals surface area contributed by atoms with Gasteiger partial charge in [0.2, 0.25) is 10.0 Å². The van der Waals surface area contributed by atoms with E-state index in [4.69, 9.17) is 44.8 Å². The molecule has 4 aromatic carbocycles. The van der Waals surface area contributed by atoms with Crippen molar-refractivity contribution in [2.45, 2.75) is 161 Å². The van der Waals surface area contributed by atoms with E-state index < -0.39 is 19.1 Å². The van der Waals surface area contributed by atoms with E-state index in [1.165, 1.54) is 141 Å². The first-order chi connectivity index (χ1) is 35.2. The average Bonchev–Trinajstić information content (AvgIpc) is 4.38. The van der Waals surface area contributed by atoms with Crippen molar-refractivity contribution in [1.29, 1.82) is 0 Å². The highest BCUT2D eigenvalue weighted by Gasteiger charge is 2.34. The fourth-order valence-electron chi connectivity index (χ4n) is 11.0. The number of nitrogens with two attached hydrogens (primary N) is 1. The third kappa shape index (κ3) is 15.2. The van der Waals surface area contributed by atoms with Crippen molar-refractivity contribution < 1.29 is 45.3 Å². The molecule has 10 rings (SSSR count). The molecule has 0 spiro atoms. The molecule has 6 aliphatic rings. The summed E-state index contributed by atoms with van der Waals surface area (Å²) in [5, 5.41) is 0.